The fourth-order valence-corrected chi connectivity index (χ4v) is 1.60. The molecule has 0 fully saturated rings. The van der Waals surface area contributed by atoms with Gasteiger partial charge in [-0.15, -0.1) is 0 Å². The van der Waals surface area contributed by atoms with Crippen LogP contribution in [0.4, 0.5) is 0 Å². The third-order valence-electron chi connectivity index (χ3n) is 2.68. The molecule has 1 rings (SSSR count). The Balaban J connectivity index is 2.76. The van der Waals surface area contributed by atoms with E-state index in [1.807, 2.05) is 6.92 Å². The lowest BCUT2D eigenvalue weighted by Gasteiger charge is -2.08. The van der Waals surface area contributed by atoms with Crippen LogP contribution in [0.25, 0.3) is 0 Å². The molecule has 0 saturated heterocycles. The van der Waals surface area contributed by atoms with Crippen molar-refractivity contribution in [2.24, 2.45) is 0 Å². The SMILES string of the molecule is CCCCOC(=O)c1ccccc1C(=O)OCC=C(C)Cl. The maximum absolute atomic E-state index is 12.0. The molecule has 0 spiro atoms. The van der Waals surface area contributed by atoms with E-state index in [9.17, 15) is 9.59 Å². The summed E-state index contributed by atoms with van der Waals surface area (Å²) in [5.41, 5.74) is 0.407. The highest BCUT2D eigenvalue weighted by Gasteiger charge is 2.18. The number of hydrogen-bond donors (Lipinski definition) is 0. The number of hydrogen-bond acceptors (Lipinski definition) is 4. The molecule has 1 aromatic carbocycles. The van der Waals surface area contributed by atoms with E-state index in [1.165, 1.54) is 6.07 Å². The summed E-state index contributed by atoms with van der Waals surface area (Å²) in [5.74, 6) is -1.09. The van der Waals surface area contributed by atoms with Crippen molar-refractivity contribution < 1.29 is 19.1 Å². The van der Waals surface area contributed by atoms with Gasteiger partial charge in [-0.25, -0.2) is 9.59 Å². The summed E-state index contributed by atoms with van der Waals surface area (Å²) >= 11 is 5.66. The Hall–Kier alpha value is -1.81. The number of halogens is 1. The molecule has 0 aromatic heterocycles. The third kappa shape index (κ3) is 6.00. The summed E-state index contributed by atoms with van der Waals surface area (Å²) in [4.78, 5) is 23.9. The number of allylic oxidation sites excluding steroid dienone is 1. The van der Waals surface area contributed by atoms with Gasteiger partial charge in [0.15, 0.2) is 0 Å². The lowest BCUT2D eigenvalue weighted by Crippen LogP contribution is -2.14. The van der Waals surface area contributed by atoms with Crippen molar-refractivity contribution in [3.05, 3.63) is 46.5 Å². The van der Waals surface area contributed by atoms with Crippen molar-refractivity contribution in [2.45, 2.75) is 26.7 Å². The van der Waals surface area contributed by atoms with Crippen LogP contribution < -0.4 is 0 Å². The average molecular weight is 311 g/mol. The van der Waals surface area contributed by atoms with E-state index in [0.717, 1.165) is 12.8 Å². The molecule has 0 unspecified atom stereocenters. The summed E-state index contributed by atoms with van der Waals surface area (Å²) in [6.07, 6.45) is 3.29. The summed E-state index contributed by atoms with van der Waals surface area (Å²) in [7, 11) is 0. The number of benzene rings is 1. The Morgan fingerprint density at radius 2 is 1.71 bits per heavy atom. The van der Waals surface area contributed by atoms with E-state index >= 15 is 0 Å². The fourth-order valence-electron chi connectivity index (χ4n) is 1.54. The van der Waals surface area contributed by atoms with E-state index in [0.29, 0.717) is 11.6 Å². The molecular formula is C16H19ClO4. The van der Waals surface area contributed by atoms with E-state index in [4.69, 9.17) is 21.1 Å². The zero-order valence-corrected chi connectivity index (χ0v) is 13.0. The highest BCUT2D eigenvalue weighted by molar-refractivity contribution is 6.29. The Morgan fingerprint density at radius 3 is 2.24 bits per heavy atom. The van der Waals surface area contributed by atoms with Gasteiger partial charge in [-0.1, -0.05) is 37.1 Å². The van der Waals surface area contributed by atoms with Gasteiger partial charge in [0.25, 0.3) is 0 Å². The van der Waals surface area contributed by atoms with Gasteiger partial charge < -0.3 is 9.47 Å². The van der Waals surface area contributed by atoms with Crippen molar-refractivity contribution >= 4 is 23.5 Å². The van der Waals surface area contributed by atoms with Gasteiger partial charge in [-0.3, -0.25) is 0 Å². The minimum absolute atomic E-state index is 0.0629. The molecule has 0 radical (unpaired) electrons. The molecule has 1 aromatic rings. The van der Waals surface area contributed by atoms with Crippen molar-refractivity contribution in [3.63, 3.8) is 0 Å². The van der Waals surface area contributed by atoms with E-state index in [1.54, 1.807) is 31.2 Å². The largest absolute Gasteiger partial charge is 0.462 e. The second-order valence-electron chi connectivity index (χ2n) is 4.42. The van der Waals surface area contributed by atoms with Crippen LogP contribution in [0.5, 0.6) is 0 Å². The Morgan fingerprint density at radius 1 is 1.14 bits per heavy atom. The normalized spacial score (nSPS) is 11.1. The quantitative estimate of drug-likeness (QED) is 0.565. The standard InChI is InChI=1S/C16H19ClO4/c1-3-4-10-20-15(18)13-7-5-6-8-14(13)16(19)21-11-9-12(2)17/h5-9H,3-4,10-11H2,1-2H3. The van der Waals surface area contributed by atoms with Crippen molar-refractivity contribution in [3.8, 4) is 0 Å². The third-order valence-corrected chi connectivity index (χ3v) is 2.83. The van der Waals surface area contributed by atoms with Crippen LogP contribution in [0, 0.1) is 0 Å². The predicted octanol–water partition coefficient (Wildman–Crippen LogP) is 3.94. The molecule has 0 aliphatic heterocycles. The van der Waals surface area contributed by atoms with Crippen LogP contribution >= 0.6 is 11.6 Å². The number of esters is 2. The van der Waals surface area contributed by atoms with Gasteiger partial charge in [-0.2, -0.15) is 0 Å². The molecule has 4 nitrogen and oxygen atoms in total. The van der Waals surface area contributed by atoms with Crippen LogP contribution in [0.1, 0.15) is 47.4 Å². The Bertz CT molecular complexity index is 519. The maximum Gasteiger partial charge on any atom is 0.339 e. The minimum atomic E-state index is -0.577. The van der Waals surface area contributed by atoms with Crippen molar-refractivity contribution in [1.29, 1.82) is 0 Å². The Labute approximate surface area is 129 Å². The maximum atomic E-state index is 12.0. The molecule has 0 heterocycles. The first-order chi connectivity index (χ1) is 10.1. The molecule has 0 bridgehead atoms. The zero-order chi connectivity index (χ0) is 15.7. The van der Waals surface area contributed by atoms with Crippen LogP contribution in [-0.4, -0.2) is 25.2 Å². The highest BCUT2D eigenvalue weighted by atomic mass is 35.5. The zero-order valence-electron chi connectivity index (χ0n) is 12.2. The molecular weight excluding hydrogens is 292 g/mol. The number of carbonyl (C=O) groups excluding carboxylic acids is 2. The number of unbranched alkanes of at least 4 members (excludes halogenated alkanes) is 1. The Kier molecular flexibility index (Phi) is 7.54. The monoisotopic (exact) mass is 310 g/mol. The molecule has 5 heteroatoms. The van der Waals surface area contributed by atoms with Crippen LogP contribution in [0.2, 0.25) is 0 Å². The van der Waals surface area contributed by atoms with Gasteiger partial charge in [0, 0.05) is 5.03 Å². The average Bonchev–Trinajstić information content (AvgIpc) is 2.47. The van der Waals surface area contributed by atoms with Gasteiger partial charge >= 0.3 is 11.9 Å². The van der Waals surface area contributed by atoms with Crippen LogP contribution in [0.15, 0.2) is 35.4 Å². The van der Waals surface area contributed by atoms with E-state index in [-0.39, 0.29) is 17.7 Å². The van der Waals surface area contributed by atoms with Crippen molar-refractivity contribution in [1.82, 2.24) is 0 Å². The summed E-state index contributed by atoms with van der Waals surface area (Å²) in [6.45, 7) is 4.10. The molecule has 0 aliphatic rings. The number of rotatable bonds is 7. The second-order valence-corrected chi connectivity index (χ2v) is 5.02. The first kappa shape index (κ1) is 17.2. The lowest BCUT2D eigenvalue weighted by molar-refractivity contribution is 0.0471. The molecule has 21 heavy (non-hydrogen) atoms. The van der Waals surface area contributed by atoms with Gasteiger partial charge in [0.2, 0.25) is 0 Å². The summed E-state index contributed by atoms with van der Waals surface area (Å²) in [6, 6.07) is 6.43. The van der Waals surface area contributed by atoms with Gasteiger partial charge in [-0.05, 0) is 31.6 Å². The second kappa shape index (κ2) is 9.19. The summed E-state index contributed by atoms with van der Waals surface area (Å²) < 4.78 is 10.2. The summed E-state index contributed by atoms with van der Waals surface area (Å²) in [5, 5.41) is 0.537. The van der Waals surface area contributed by atoms with Crippen LogP contribution in [0.3, 0.4) is 0 Å². The first-order valence-electron chi connectivity index (χ1n) is 6.81. The van der Waals surface area contributed by atoms with Crippen LogP contribution in [-0.2, 0) is 9.47 Å². The predicted molar refractivity (Wildman–Crippen MR) is 81.5 cm³/mol. The van der Waals surface area contributed by atoms with E-state index < -0.39 is 11.9 Å². The topological polar surface area (TPSA) is 52.6 Å². The molecule has 114 valence electrons. The highest BCUT2D eigenvalue weighted by Crippen LogP contribution is 2.12. The molecule has 0 saturated carbocycles. The molecule has 0 aliphatic carbocycles. The molecule has 0 amide bonds. The molecule has 0 N–H and O–H groups in total. The molecule has 0 atom stereocenters. The van der Waals surface area contributed by atoms with Gasteiger partial charge in [0.1, 0.15) is 6.61 Å². The van der Waals surface area contributed by atoms with Gasteiger partial charge in [0.05, 0.1) is 17.7 Å². The smallest absolute Gasteiger partial charge is 0.339 e. The minimum Gasteiger partial charge on any atom is -0.462 e. The fraction of sp³-hybridized carbons (Fsp3) is 0.375. The number of ether oxygens (including phenoxy) is 2. The van der Waals surface area contributed by atoms with Crippen molar-refractivity contribution in [2.75, 3.05) is 13.2 Å². The lowest BCUT2D eigenvalue weighted by atomic mass is 10.1. The first-order valence-corrected chi connectivity index (χ1v) is 7.19. The number of carbonyl (C=O) groups is 2. The van der Waals surface area contributed by atoms with E-state index in [2.05, 4.69) is 0 Å².